The van der Waals surface area contributed by atoms with Crippen molar-refractivity contribution in [2.45, 2.75) is 19.8 Å². The molecule has 202 valence electrons. The molecule has 0 aromatic heterocycles. The van der Waals surface area contributed by atoms with Gasteiger partial charge in [0.2, 0.25) is 0 Å². The van der Waals surface area contributed by atoms with Crippen molar-refractivity contribution >= 4 is 64.8 Å². The molecule has 1 aliphatic rings. The number of ether oxygens (including phenoxy) is 2. The molecule has 36 heavy (non-hydrogen) atoms. The van der Waals surface area contributed by atoms with Crippen molar-refractivity contribution in [3.05, 3.63) is 62.5 Å². The Kier molecular flexibility index (Phi) is 16.4. The maximum absolute atomic E-state index is 12.3. The maximum Gasteiger partial charge on any atom is 0.336 e. The molecule has 1 aromatic rings. The molecule has 1 heterocycles. The van der Waals surface area contributed by atoms with Crippen molar-refractivity contribution in [3.8, 4) is 0 Å². The van der Waals surface area contributed by atoms with Crippen molar-refractivity contribution in [2.75, 3.05) is 51.5 Å². The molecule has 1 aromatic carbocycles. The van der Waals surface area contributed by atoms with Crippen LogP contribution in [0, 0.1) is 10.1 Å². The quantitative estimate of drug-likeness (QED) is 0.183. The Morgan fingerprint density at radius 3 is 1.72 bits per heavy atom. The topological polar surface area (TPSA) is 111 Å². The first-order valence-corrected chi connectivity index (χ1v) is 12.3. The highest BCUT2D eigenvalue weighted by Gasteiger charge is 2.40. The van der Waals surface area contributed by atoms with E-state index in [-0.39, 0.29) is 34.8 Å². The summed E-state index contributed by atoms with van der Waals surface area (Å²) in [6.07, 6.45) is 0. The normalized spacial score (nSPS) is 13.3. The number of alkyl halides is 3. The van der Waals surface area contributed by atoms with Crippen LogP contribution in [0.15, 0.2) is 46.8 Å². The summed E-state index contributed by atoms with van der Waals surface area (Å²) >= 11 is 16.6. The van der Waals surface area contributed by atoms with Gasteiger partial charge in [0.1, 0.15) is 0 Å². The van der Waals surface area contributed by atoms with Gasteiger partial charge in [-0.15, -0.1) is 47.2 Å². The van der Waals surface area contributed by atoms with Gasteiger partial charge in [-0.25, -0.2) is 9.59 Å². The first-order chi connectivity index (χ1) is 16.7. The van der Waals surface area contributed by atoms with E-state index in [2.05, 4.69) is 10.2 Å². The molecule has 0 saturated heterocycles. The minimum atomic E-state index is -0.970. The van der Waals surface area contributed by atoms with E-state index in [4.69, 9.17) is 44.3 Å². The average molecular weight is 587 g/mol. The predicted octanol–water partition coefficient (Wildman–Crippen LogP) is 4.60. The third-order valence-corrected chi connectivity index (χ3v) is 5.72. The molecule has 13 heteroatoms. The lowest BCUT2D eigenvalue weighted by atomic mass is 9.79. The van der Waals surface area contributed by atoms with Gasteiger partial charge < -0.3 is 14.8 Å². The van der Waals surface area contributed by atoms with Crippen molar-refractivity contribution in [2.24, 2.45) is 0 Å². The molecule has 9 nitrogen and oxygen atoms in total. The lowest BCUT2D eigenvalue weighted by molar-refractivity contribution is -0.385. The highest BCUT2D eigenvalue weighted by molar-refractivity contribution is 6.18. The summed E-state index contributed by atoms with van der Waals surface area (Å²) in [7, 11) is 2.42. The van der Waals surface area contributed by atoms with Gasteiger partial charge in [-0.05, 0) is 13.8 Å². The number of dihydropyridines is 1. The van der Waals surface area contributed by atoms with Crippen LogP contribution in [0.3, 0.4) is 0 Å². The van der Waals surface area contributed by atoms with E-state index in [1.54, 1.807) is 19.9 Å². The molecular weight excluding hydrogens is 556 g/mol. The Morgan fingerprint density at radius 2 is 1.36 bits per heavy atom. The molecule has 0 fully saturated rings. The van der Waals surface area contributed by atoms with Gasteiger partial charge in [0.05, 0.1) is 36.2 Å². The number of para-hydroxylation sites is 1. The molecule has 0 aliphatic carbocycles. The van der Waals surface area contributed by atoms with E-state index in [0.717, 1.165) is 19.6 Å². The summed E-state index contributed by atoms with van der Waals surface area (Å²) < 4.78 is 9.66. The number of nitrogens with one attached hydrogen (secondary N) is 1. The van der Waals surface area contributed by atoms with Crippen molar-refractivity contribution < 1.29 is 24.0 Å². The van der Waals surface area contributed by atoms with Gasteiger partial charge in [-0.1, -0.05) is 18.2 Å². The summed E-state index contributed by atoms with van der Waals surface area (Å²) in [4.78, 5) is 37.7. The van der Waals surface area contributed by atoms with Crippen LogP contribution in [-0.4, -0.2) is 73.3 Å². The number of esters is 2. The minimum absolute atomic E-state index is 0. The zero-order valence-corrected chi connectivity index (χ0v) is 23.6. The van der Waals surface area contributed by atoms with Crippen LogP contribution < -0.4 is 5.32 Å². The number of allylic oxidation sites excluding steroid dienone is 2. The van der Waals surface area contributed by atoms with E-state index >= 15 is 0 Å². The number of carbonyl (C=O) groups excluding carboxylic acids is 2. The summed E-state index contributed by atoms with van der Waals surface area (Å²) in [6, 6.07) is 5.97. The molecule has 0 saturated carbocycles. The number of halogens is 4. The van der Waals surface area contributed by atoms with Gasteiger partial charge in [-0.3, -0.25) is 15.0 Å². The SMILES string of the molecule is COC(=O)C1=C(C)NC(C)=C(C(=O)OC)C1c1ccccc1[N+](=O)[O-].Cl.ClCCN(CCCl)CCCl. The van der Waals surface area contributed by atoms with E-state index in [9.17, 15) is 19.7 Å². The maximum atomic E-state index is 12.3. The Bertz CT molecular complexity index is 919. The fraction of sp³-hybridized carbons (Fsp3) is 0.478. The van der Waals surface area contributed by atoms with Gasteiger partial charge in [-0.2, -0.15) is 0 Å². The molecule has 0 bridgehead atoms. The van der Waals surface area contributed by atoms with Crippen LogP contribution >= 0.6 is 47.2 Å². The average Bonchev–Trinajstić information content (AvgIpc) is 2.83. The molecule has 0 spiro atoms. The molecule has 2 rings (SSSR count). The van der Waals surface area contributed by atoms with Crippen molar-refractivity contribution in [1.29, 1.82) is 0 Å². The summed E-state index contributed by atoms with van der Waals surface area (Å²) in [5.74, 6) is -0.387. The number of nitrogens with zero attached hydrogens (tertiary/aromatic N) is 2. The summed E-state index contributed by atoms with van der Waals surface area (Å²) in [6.45, 7) is 5.92. The van der Waals surface area contributed by atoms with Crippen LogP contribution in [0.2, 0.25) is 0 Å². The summed E-state index contributed by atoms with van der Waals surface area (Å²) in [5.41, 5.74) is 1.19. The van der Waals surface area contributed by atoms with E-state index < -0.39 is 22.8 Å². The Labute approximate surface area is 232 Å². The van der Waals surface area contributed by atoms with E-state index in [0.29, 0.717) is 29.0 Å². The number of nitro groups is 1. The first-order valence-electron chi connectivity index (χ1n) is 10.7. The lowest BCUT2D eigenvalue weighted by Crippen LogP contribution is -2.32. The Hall–Kier alpha value is -2.04. The van der Waals surface area contributed by atoms with Gasteiger partial charge >= 0.3 is 11.9 Å². The number of benzene rings is 1. The number of methoxy groups -OCH3 is 2. The second-order valence-corrected chi connectivity index (χ2v) is 8.48. The van der Waals surface area contributed by atoms with E-state index in [1.807, 2.05) is 0 Å². The second kappa shape index (κ2) is 17.4. The monoisotopic (exact) mass is 585 g/mol. The van der Waals surface area contributed by atoms with Gasteiger partial charge in [0, 0.05) is 60.3 Å². The van der Waals surface area contributed by atoms with Gasteiger partial charge in [0.25, 0.3) is 5.69 Å². The third kappa shape index (κ3) is 9.12. The van der Waals surface area contributed by atoms with Crippen LogP contribution in [0.1, 0.15) is 25.3 Å². The van der Waals surface area contributed by atoms with Crippen LogP contribution in [0.4, 0.5) is 5.69 Å². The summed E-state index contributed by atoms with van der Waals surface area (Å²) in [5, 5.41) is 14.4. The molecule has 1 aliphatic heterocycles. The largest absolute Gasteiger partial charge is 0.466 e. The molecule has 0 unspecified atom stereocenters. The Morgan fingerprint density at radius 1 is 0.944 bits per heavy atom. The Balaban J connectivity index is 0.000000948. The smallest absolute Gasteiger partial charge is 0.336 e. The fourth-order valence-electron chi connectivity index (χ4n) is 3.66. The number of nitro benzene ring substituents is 1. The molecular formula is C23H31Cl4N3O6. The highest BCUT2D eigenvalue weighted by atomic mass is 35.5. The molecule has 0 atom stereocenters. The standard InChI is InChI=1S/C17H18N2O6.C6H12Cl3N.ClH/c1-9-13(16(20)24-3)15(14(10(2)18-9)17(21)25-4)11-7-5-6-8-12(11)19(22)23;7-1-4-10(5-2-8)6-3-9;/h5-8,15,18H,1-4H3;1-6H2;1H. The predicted molar refractivity (Wildman–Crippen MR) is 144 cm³/mol. The lowest BCUT2D eigenvalue weighted by Gasteiger charge is -2.29. The zero-order valence-electron chi connectivity index (χ0n) is 20.5. The van der Waals surface area contributed by atoms with Crippen LogP contribution in [-0.2, 0) is 19.1 Å². The zero-order chi connectivity index (χ0) is 26.5. The van der Waals surface area contributed by atoms with Crippen LogP contribution in [0.5, 0.6) is 0 Å². The van der Waals surface area contributed by atoms with Crippen molar-refractivity contribution in [1.82, 2.24) is 10.2 Å². The molecule has 1 N–H and O–H groups in total. The first kappa shape index (κ1) is 34.0. The van der Waals surface area contributed by atoms with Crippen LogP contribution in [0.25, 0.3) is 0 Å². The highest BCUT2D eigenvalue weighted by Crippen LogP contribution is 2.42. The molecule has 0 radical (unpaired) electrons. The van der Waals surface area contributed by atoms with Gasteiger partial charge in [0.15, 0.2) is 0 Å². The van der Waals surface area contributed by atoms with E-state index in [1.165, 1.54) is 32.4 Å². The molecule has 0 amide bonds. The number of rotatable bonds is 10. The number of hydrogen-bond acceptors (Lipinski definition) is 8. The van der Waals surface area contributed by atoms with Crippen molar-refractivity contribution in [3.63, 3.8) is 0 Å². The third-order valence-electron chi connectivity index (χ3n) is 5.22. The minimum Gasteiger partial charge on any atom is -0.466 e. The fourth-order valence-corrected chi connectivity index (χ4v) is 4.38. The number of hydrogen-bond donors (Lipinski definition) is 1. The number of carbonyl (C=O) groups is 2. The second-order valence-electron chi connectivity index (χ2n) is 7.34.